The summed E-state index contributed by atoms with van der Waals surface area (Å²) in [4.78, 5) is 26.7. The van der Waals surface area contributed by atoms with E-state index in [1.165, 1.54) is 11.3 Å². The van der Waals surface area contributed by atoms with Crippen molar-refractivity contribution in [2.45, 2.75) is 52.6 Å². The molecular weight excluding hydrogens is 426 g/mol. The topological polar surface area (TPSA) is 77.8 Å². The molecule has 6 nitrogen and oxygen atoms in total. The highest BCUT2D eigenvalue weighted by Gasteiger charge is 2.28. The number of hydrogen-bond acceptors (Lipinski definition) is 6. The number of para-hydroxylation sites is 1. The Balaban J connectivity index is 1.48. The number of thiophene rings is 1. The summed E-state index contributed by atoms with van der Waals surface area (Å²) >= 11 is 1.46. The molecule has 1 N–H and O–H groups in total. The van der Waals surface area contributed by atoms with Gasteiger partial charge < -0.3 is 19.2 Å². The number of esters is 1. The highest BCUT2D eigenvalue weighted by atomic mass is 32.1. The van der Waals surface area contributed by atoms with Crippen molar-refractivity contribution in [3.8, 4) is 5.75 Å². The van der Waals surface area contributed by atoms with Gasteiger partial charge >= 0.3 is 5.97 Å². The number of ether oxygens (including phenoxy) is 2. The average molecular weight is 454 g/mol. The van der Waals surface area contributed by atoms with Gasteiger partial charge in [-0.1, -0.05) is 25.1 Å². The molecule has 2 heterocycles. The molecule has 0 spiro atoms. The minimum absolute atomic E-state index is 0.174. The summed E-state index contributed by atoms with van der Waals surface area (Å²) in [7, 11) is 0. The van der Waals surface area contributed by atoms with Crippen LogP contribution in [-0.2, 0) is 24.2 Å². The number of carbonyl (C=O) groups excluding carboxylic acids is 2. The number of aryl methyl sites for hydroxylation is 2. The normalized spacial score (nSPS) is 12.8. The van der Waals surface area contributed by atoms with Gasteiger partial charge in [-0.3, -0.25) is 4.79 Å². The van der Waals surface area contributed by atoms with Crippen LogP contribution in [0.1, 0.15) is 68.9 Å². The first-order valence-corrected chi connectivity index (χ1v) is 11.8. The minimum Gasteiger partial charge on any atom is -0.485 e. The molecule has 4 rings (SSSR count). The third-order valence-electron chi connectivity index (χ3n) is 5.39. The Kier molecular flexibility index (Phi) is 6.95. The molecule has 7 heteroatoms. The van der Waals surface area contributed by atoms with Crippen molar-refractivity contribution in [2.75, 3.05) is 11.9 Å². The lowest BCUT2D eigenvalue weighted by Crippen LogP contribution is -2.15. The third kappa shape index (κ3) is 4.88. The maximum absolute atomic E-state index is 12.9. The van der Waals surface area contributed by atoms with E-state index in [4.69, 9.17) is 13.9 Å². The Morgan fingerprint density at radius 2 is 1.94 bits per heavy atom. The molecular formula is C25H27NO5S. The maximum Gasteiger partial charge on any atom is 0.341 e. The Bertz CT molecular complexity index is 1110. The largest absolute Gasteiger partial charge is 0.485 e. The molecule has 1 amide bonds. The fourth-order valence-corrected chi connectivity index (χ4v) is 5.02. The number of benzene rings is 1. The number of furan rings is 1. The molecule has 0 saturated carbocycles. The van der Waals surface area contributed by atoms with E-state index in [-0.39, 0.29) is 18.3 Å². The summed E-state index contributed by atoms with van der Waals surface area (Å²) in [6.07, 6.45) is 4.63. The molecule has 0 saturated heterocycles. The Morgan fingerprint density at radius 3 is 2.75 bits per heavy atom. The fourth-order valence-electron chi connectivity index (χ4n) is 3.75. The van der Waals surface area contributed by atoms with Crippen molar-refractivity contribution < 1.29 is 23.5 Å². The average Bonchev–Trinajstić information content (AvgIpc) is 3.41. The number of rotatable bonds is 8. The molecule has 3 aromatic rings. The number of nitrogens with one attached hydrogen (secondary N) is 1. The van der Waals surface area contributed by atoms with Crippen molar-refractivity contribution >= 4 is 28.2 Å². The molecule has 0 aliphatic heterocycles. The van der Waals surface area contributed by atoms with Gasteiger partial charge in [0, 0.05) is 4.88 Å². The van der Waals surface area contributed by atoms with Crippen molar-refractivity contribution in [3.05, 3.63) is 69.5 Å². The summed E-state index contributed by atoms with van der Waals surface area (Å²) in [5, 5.41) is 3.42. The smallest absolute Gasteiger partial charge is 0.341 e. The summed E-state index contributed by atoms with van der Waals surface area (Å²) in [6.45, 7) is 4.51. The van der Waals surface area contributed by atoms with Crippen LogP contribution in [0, 0.1) is 6.92 Å². The van der Waals surface area contributed by atoms with E-state index in [1.807, 2.05) is 38.1 Å². The second kappa shape index (κ2) is 10.0. The predicted molar refractivity (Wildman–Crippen MR) is 124 cm³/mol. The van der Waals surface area contributed by atoms with E-state index >= 15 is 0 Å². The van der Waals surface area contributed by atoms with Gasteiger partial charge in [0.1, 0.15) is 23.1 Å². The summed E-state index contributed by atoms with van der Waals surface area (Å²) in [5.41, 5.74) is 2.55. The molecule has 0 unspecified atom stereocenters. The monoisotopic (exact) mass is 453 g/mol. The van der Waals surface area contributed by atoms with Gasteiger partial charge in [-0.25, -0.2) is 4.79 Å². The van der Waals surface area contributed by atoms with E-state index in [2.05, 4.69) is 5.32 Å². The van der Waals surface area contributed by atoms with Crippen LogP contribution in [0.4, 0.5) is 5.00 Å². The van der Waals surface area contributed by atoms with Crippen LogP contribution >= 0.6 is 11.3 Å². The van der Waals surface area contributed by atoms with E-state index < -0.39 is 5.91 Å². The number of carbonyl (C=O) groups is 2. The molecule has 0 radical (unpaired) electrons. The van der Waals surface area contributed by atoms with Gasteiger partial charge in [0.2, 0.25) is 0 Å². The lowest BCUT2D eigenvalue weighted by Gasteiger charge is -2.12. The third-order valence-corrected chi connectivity index (χ3v) is 6.60. The van der Waals surface area contributed by atoms with E-state index in [9.17, 15) is 9.59 Å². The summed E-state index contributed by atoms with van der Waals surface area (Å²) in [6, 6.07) is 11.1. The van der Waals surface area contributed by atoms with E-state index in [1.54, 1.807) is 12.1 Å². The van der Waals surface area contributed by atoms with Gasteiger partial charge in [-0.05, 0) is 68.4 Å². The molecule has 168 valence electrons. The Labute approximate surface area is 191 Å². The second-order valence-electron chi connectivity index (χ2n) is 7.83. The van der Waals surface area contributed by atoms with Gasteiger partial charge in [0.05, 0.1) is 12.2 Å². The molecule has 0 fully saturated rings. The van der Waals surface area contributed by atoms with Crippen molar-refractivity contribution in [1.29, 1.82) is 0 Å². The van der Waals surface area contributed by atoms with Crippen LogP contribution in [0.3, 0.4) is 0 Å². The standard InChI is InChI=1S/C25H27NO5S/c1-3-14-29-25(28)22-18-9-5-7-11-21(18)32-24(22)26-23(27)20-13-12-17(31-20)15-30-19-10-6-4-8-16(19)2/h4,6,8,10,12-13H,3,5,7,9,11,14-15H2,1-2H3,(H,26,27). The fraction of sp³-hybridized carbons (Fsp3) is 0.360. The van der Waals surface area contributed by atoms with Gasteiger partial charge in [-0.2, -0.15) is 0 Å². The SMILES string of the molecule is CCCOC(=O)c1c(NC(=O)c2ccc(COc3ccccc3C)o2)sc2c1CCCC2. The van der Waals surface area contributed by atoms with Crippen molar-refractivity contribution in [2.24, 2.45) is 0 Å². The van der Waals surface area contributed by atoms with E-state index in [0.29, 0.717) is 22.9 Å². The summed E-state index contributed by atoms with van der Waals surface area (Å²) < 4.78 is 16.9. The highest BCUT2D eigenvalue weighted by molar-refractivity contribution is 7.17. The van der Waals surface area contributed by atoms with E-state index in [0.717, 1.165) is 53.9 Å². The number of anilines is 1. The number of amides is 1. The Morgan fingerprint density at radius 1 is 1.12 bits per heavy atom. The lowest BCUT2D eigenvalue weighted by molar-refractivity contribution is 0.0505. The van der Waals surface area contributed by atoms with Crippen LogP contribution < -0.4 is 10.1 Å². The van der Waals surface area contributed by atoms with Gasteiger partial charge in [0.15, 0.2) is 5.76 Å². The van der Waals surface area contributed by atoms with Crippen LogP contribution in [-0.4, -0.2) is 18.5 Å². The quantitative estimate of drug-likeness (QED) is 0.428. The molecule has 1 aromatic carbocycles. The molecule has 1 aliphatic rings. The highest BCUT2D eigenvalue weighted by Crippen LogP contribution is 2.39. The first kappa shape index (κ1) is 22.1. The zero-order valence-corrected chi connectivity index (χ0v) is 19.2. The van der Waals surface area contributed by atoms with Gasteiger partial charge in [0.25, 0.3) is 5.91 Å². The number of hydrogen-bond donors (Lipinski definition) is 1. The first-order valence-electron chi connectivity index (χ1n) is 11.0. The molecule has 32 heavy (non-hydrogen) atoms. The zero-order chi connectivity index (χ0) is 22.5. The second-order valence-corrected chi connectivity index (χ2v) is 8.93. The van der Waals surface area contributed by atoms with Crippen LogP contribution in [0.2, 0.25) is 0 Å². The maximum atomic E-state index is 12.9. The molecule has 0 atom stereocenters. The first-order chi connectivity index (χ1) is 15.6. The zero-order valence-electron chi connectivity index (χ0n) is 18.4. The predicted octanol–water partition coefficient (Wildman–Crippen LogP) is 5.93. The van der Waals surface area contributed by atoms with Crippen LogP contribution in [0.25, 0.3) is 0 Å². The van der Waals surface area contributed by atoms with Crippen LogP contribution in [0.15, 0.2) is 40.8 Å². The molecule has 0 bridgehead atoms. The van der Waals surface area contributed by atoms with Crippen molar-refractivity contribution in [3.63, 3.8) is 0 Å². The minimum atomic E-state index is -0.393. The Hall–Kier alpha value is -3.06. The summed E-state index contributed by atoms with van der Waals surface area (Å²) in [5.74, 6) is 0.733. The van der Waals surface area contributed by atoms with Gasteiger partial charge in [-0.15, -0.1) is 11.3 Å². The van der Waals surface area contributed by atoms with Crippen LogP contribution in [0.5, 0.6) is 5.75 Å². The number of fused-ring (bicyclic) bond motifs is 1. The molecule has 1 aliphatic carbocycles. The lowest BCUT2D eigenvalue weighted by atomic mass is 9.95. The van der Waals surface area contributed by atoms with Crippen molar-refractivity contribution in [1.82, 2.24) is 0 Å². The molecule has 2 aromatic heterocycles.